The zero-order valence-corrected chi connectivity index (χ0v) is 12.1. The van der Waals surface area contributed by atoms with Crippen LogP contribution in [0.4, 0.5) is 0 Å². The summed E-state index contributed by atoms with van der Waals surface area (Å²) in [5.41, 5.74) is 4.93. The van der Waals surface area contributed by atoms with E-state index in [1.54, 1.807) is 0 Å². The molecule has 0 N–H and O–H groups in total. The van der Waals surface area contributed by atoms with E-state index in [1.165, 1.54) is 16.7 Å². The van der Waals surface area contributed by atoms with Gasteiger partial charge in [-0.2, -0.15) is 0 Å². The molecule has 0 atom stereocenters. The van der Waals surface area contributed by atoms with Crippen molar-refractivity contribution in [2.75, 3.05) is 13.1 Å². The standard InChI is InChI=1S/C17H22N2/c1-4-19(5-2)13-16-11-17(14(3)12-18-16)15-9-7-6-8-10-15/h6-12H,4-5,13H2,1-3H3. The highest BCUT2D eigenvalue weighted by atomic mass is 15.1. The molecule has 0 saturated carbocycles. The number of nitrogens with zero attached hydrogens (tertiary/aromatic N) is 2. The maximum atomic E-state index is 4.56. The first-order valence-electron chi connectivity index (χ1n) is 6.97. The quantitative estimate of drug-likeness (QED) is 0.804. The van der Waals surface area contributed by atoms with Crippen LogP contribution in [0.2, 0.25) is 0 Å². The first-order valence-corrected chi connectivity index (χ1v) is 6.97. The van der Waals surface area contributed by atoms with E-state index in [1.807, 2.05) is 6.20 Å². The lowest BCUT2D eigenvalue weighted by atomic mass is 10.0. The fourth-order valence-corrected chi connectivity index (χ4v) is 2.26. The zero-order valence-electron chi connectivity index (χ0n) is 12.1. The summed E-state index contributed by atoms with van der Waals surface area (Å²) in [7, 11) is 0. The van der Waals surface area contributed by atoms with Gasteiger partial charge in [-0.3, -0.25) is 9.88 Å². The van der Waals surface area contributed by atoms with Crippen molar-refractivity contribution in [3.63, 3.8) is 0 Å². The molecular formula is C17H22N2. The lowest BCUT2D eigenvalue weighted by molar-refractivity contribution is 0.292. The molecular weight excluding hydrogens is 232 g/mol. The minimum atomic E-state index is 0.924. The van der Waals surface area contributed by atoms with Gasteiger partial charge in [-0.05, 0) is 42.8 Å². The Morgan fingerprint density at radius 2 is 1.74 bits per heavy atom. The van der Waals surface area contributed by atoms with E-state index in [0.29, 0.717) is 0 Å². The predicted molar refractivity (Wildman–Crippen MR) is 81.0 cm³/mol. The van der Waals surface area contributed by atoms with Crippen molar-refractivity contribution in [2.45, 2.75) is 27.3 Å². The average Bonchev–Trinajstić information content (AvgIpc) is 2.47. The molecule has 1 heterocycles. The van der Waals surface area contributed by atoms with Gasteiger partial charge in [-0.15, -0.1) is 0 Å². The van der Waals surface area contributed by atoms with Crippen molar-refractivity contribution in [2.24, 2.45) is 0 Å². The Hall–Kier alpha value is -1.67. The van der Waals surface area contributed by atoms with Crippen LogP contribution in [0.1, 0.15) is 25.1 Å². The summed E-state index contributed by atoms with van der Waals surface area (Å²) in [5.74, 6) is 0. The molecule has 0 unspecified atom stereocenters. The molecule has 2 heteroatoms. The van der Waals surface area contributed by atoms with Gasteiger partial charge in [-0.25, -0.2) is 0 Å². The molecule has 1 aromatic heterocycles. The van der Waals surface area contributed by atoms with Crippen LogP contribution in [0.25, 0.3) is 11.1 Å². The molecule has 0 saturated heterocycles. The highest BCUT2D eigenvalue weighted by Gasteiger charge is 2.07. The monoisotopic (exact) mass is 254 g/mol. The van der Waals surface area contributed by atoms with Crippen molar-refractivity contribution < 1.29 is 0 Å². The minimum Gasteiger partial charge on any atom is -0.298 e. The van der Waals surface area contributed by atoms with Crippen molar-refractivity contribution in [1.82, 2.24) is 9.88 Å². The molecule has 0 aliphatic heterocycles. The van der Waals surface area contributed by atoms with Crippen LogP contribution in [0.5, 0.6) is 0 Å². The van der Waals surface area contributed by atoms with Gasteiger partial charge in [0.25, 0.3) is 0 Å². The zero-order chi connectivity index (χ0) is 13.7. The highest BCUT2D eigenvalue weighted by Crippen LogP contribution is 2.23. The summed E-state index contributed by atoms with van der Waals surface area (Å²) in [6.07, 6.45) is 1.99. The van der Waals surface area contributed by atoms with E-state index < -0.39 is 0 Å². The molecule has 0 aliphatic carbocycles. The van der Waals surface area contributed by atoms with Crippen molar-refractivity contribution >= 4 is 0 Å². The topological polar surface area (TPSA) is 16.1 Å². The molecule has 0 spiro atoms. The number of aromatic nitrogens is 1. The fraction of sp³-hybridized carbons (Fsp3) is 0.353. The number of aryl methyl sites for hydroxylation is 1. The summed E-state index contributed by atoms with van der Waals surface area (Å²) >= 11 is 0. The molecule has 0 bridgehead atoms. The SMILES string of the molecule is CCN(CC)Cc1cc(-c2ccccc2)c(C)cn1. The third-order valence-corrected chi connectivity index (χ3v) is 3.52. The Morgan fingerprint density at radius 1 is 1.05 bits per heavy atom. The number of hydrogen-bond acceptors (Lipinski definition) is 2. The van der Waals surface area contributed by atoms with Crippen LogP contribution >= 0.6 is 0 Å². The molecule has 100 valence electrons. The van der Waals surface area contributed by atoms with Gasteiger partial charge in [0.1, 0.15) is 0 Å². The average molecular weight is 254 g/mol. The first-order chi connectivity index (χ1) is 9.24. The Labute approximate surface area is 116 Å². The van der Waals surface area contributed by atoms with Gasteiger partial charge in [0, 0.05) is 12.7 Å². The van der Waals surface area contributed by atoms with Crippen LogP contribution in [-0.4, -0.2) is 23.0 Å². The first kappa shape index (κ1) is 13.8. The molecule has 0 fully saturated rings. The molecule has 19 heavy (non-hydrogen) atoms. The van der Waals surface area contributed by atoms with Gasteiger partial charge >= 0.3 is 0 Å². The maximum Gasteiger partial charge on any atom is 0.0550 e. The Balaban J connectivity index is 2.30. The van der Waals surface area contributed by atoms with E-state index in [4.69, 9.17) is 0 Å². The van der Waals surface area contributed by atoms with Gasteiger partial charge in [-0.1, -0.05) is 44.2 Å². The summed E-state index contributed by atoms with van der Waals surface area (Å²) < 4.78 is 0. The van der Waals surface area contributed by atoms with Crippen LogP contribution in [-0.2, 0) is 6.54 Å². The normalized spacial score (nSPS) is 10.9. The molecule has 0 amide bonds. The van der Waals surface area contributed by atoms with Gasteiger partial charge in [0.15, 0.2) is 0 Å². The van der Waals surface area contributed by atoms with Crippen molar-refractivity contribution in [3.8, 4) is 11.1 Å². The van der Waals surface area contributed by atoms with Gasteiger partial charge in [0.2, 0.25) is 0 Å². The van der Waals surface area contributed by atoms with E-state index in [0.717, 1.165) is 25.3 Å². The number of pyridine rings is 1. The molecule has 1 aromatic carbocycles. The van der Waals surface area contributed by atoms with E-state index in [2.05, 4.69) is 67.1 Å². The lowest BCUT2D eigenvalue weighted by Gasteiger charge is -2.18. The van der Waals surface area contributed by atoms with Gasteiger partial charge < -0.3 is 0 Å². The van der Waals surface area contributed by atoms with E-state index in [-0.39, 0.29) is 0 Å². The van der Waals surface area contributed by atoms with E-state index >= 15 is 0 Å². The second kappa shape index (κ2) is 6.48. The maximum absolute atomic E-state index is 4.56. The Morgan fingerprint density at radius 3 is 2.37 bits per heavy atom. The summed E-state index contributed by atoms with van der Waals surface area (Å²) in [6.45, 7) is 9.55. The smallest absolute Gasteiger partial charge is 0.0550 e. The second-order valence-electron chi connectivity index (χ2n) is 4.82. The number of rotatable bonds is 5. The number of hydrogen-bond donors (Lipinski definition) is 0. The Bertz CT molecular complexity index is 516. The molecule has 0 radical (unpaired) electrons. The summed E-state index contributed by atoms with van der Waals surface area (Å²) in [5, 5.41) is 0. The Kier molecular flexibility index (Phi) is 4.69. The second-order valence-corrected chi connectivity index (χ2v) is 4.82. The largest absolute Gasteiger partial charge is 0.298 e. The third-order valence-electron chi connectivity index (χ3n) is 3.52. The predicted octanol–water partition coefficient (Wildman–Crippen LogP) is 3.90. The highest BCUT2D eigenvalue weighted by molar-refractivity contribution is 5.66. The molecule has 2 aromatic rings. The summed E-state index contributed by atoms with van der Waals surface area (Å²) in [6, 6.07) is 12.8. The van der Waals surface area contributed by atoms with Crippen molar-refractivity contribution in [1.29, 1.82) is 0 Å². The summed E-state index contributed by atoms with van der Waals surface area (Å²) in [4.78, 5) is 6.94. The lowest BCUT2D eigenvalue weighted by Crippen LogP contribution is -2.22. The van der Waals surface area contributed by atoms with Crippen LogP contribution < -0.4 is 0 Å². The van der Waals surface area contributed by atoms with Crippen LogP contribution in [0.15, 0.2) is 42.6 Å². The van der Waals surface area contributed by atoms with Crippen LogP contribution in [0, 0.1) is 6.92 Å². The molecule has 2 nitrogen and oxygen atoms in total. The number of benzene rings is 1. The molecule has 0 aliphatic rings. The third kappa shape index (κ3) is 3.42. The fourth-order valence-electron chi connectivity index (χ4n) is 2.26. The van der Waals surface area contributed by atoms with Crippen LogP contribution in [0.3, 0.4) is 0 Å². The van der Waals surface area contributed by atoms with Gasteiger partial charge in [0.05, 0.1) is 5.69 Å². The van der Waals surface area contributed by atoms with Crippen molar-refractivity contribution in [3.05, 3.63) is 53.9 Å². The molecule has 2 rings (SSSR count). The minimum absolute atomic E-state index is 0.924. The van der Waals surface area contributed by atoms with E-state index in [9.17, 15) is 0 Å².